The van der Waals surface area contributed by atoms with Crippen LogP contribution in [0.5, 0.6) is 23.0 Å². The fourth-order valence-electron chi connectivity index (χ4n) is 13.3. The van der Waals surface area contributed by atoms with E-state index in [-0.39, 0.29) is 74.4 Å². The number of rotatable bonds is 6. The number of ether oxygens (including phenoxy) is 2. The zero-order chi connectivity index (χ0) is 46.2. The lowest BCUT2D eigenvalue weighted by atomic mass is 9.41. The maximum absolute atomic E-state index is 12.9. The molecule has 9 N–H and O–H groups in total. The molecule has 0 radical (unpaired) electrons. The van der Waals surface area contributed by atoms with Crippen LogP contribution >= 0.6 is 23.2 Å². The van der Waals surface area contributed by atoms with Crippen molar-refractivity contribution in [2.75, 3.05) is 6.61 Å². The van der Waals surface area contributed by atoms with Crippen molar-refractivity contribution in [3.63, 3.8) is 0 Å². The second kappa shape index (κ2) is 14.7. The normalized spacial score (nSPS) is 39.2. The van der Waals surface area contributed by atoms with Crippen molar-refractivity contribution in [3.05, 3.63) is 56.1 Å². The number of carbonyl (C=O) groups is 3. The first-order valence-electron chi connectivity index (χ1n) is 21.0. The Balaban J connectivity index is 0.000000187. The lowest BCUT2D eigenvalue weighted by Crippen LogP contribution is -2.76. The lowest BCUT2D eigenvalue weighted by Gasteiger charge is -2.68. The van der Waals surface area contributed by atoms with Crippen LogP contribution < -0.4 is 0 Å². The van der Waals surface area contributed by atoms with E-state index < -0.39 is 86.5 Å². The molecule has 5 saturated carbocycles. The monoisotopic (exact) mass is 904 g/mol. The Bertz CT molecular complexity index is 2270. The van der Waals surface area contributed by atoms with Gasteiger partial charge in [-0.3, -0.25) is 4.79 Å². The number of esters is 2. The van der Waals surface area contributed by atoms with Crippen LogP contribution in [-0.4, -0.2) is 106 Å². The molecule has 8 rings (SSSR count). The fraction of sp³-hybridized carbons (Fsp3) is 0.630. The first kappa shape index (κ1) is 46.4. The van der Waals surface area contributed by atoms with Crippen molar-refractivity contribution >= 4 is 41.4 Å². The van der Waals surface area contributed by atoms with Crippen LogP contribution in [0, 0.1) is 59.2 Å². The Kier molecular flexibility index (Phi) is 11.0. The van der Waals surface area contributed by atoms with E-state index in [1.54, 1.807) is 20.8 Å². The van der Waals surface area contributed by atoms with Gasteiger partial charge in [-0.25, -0.2) is 9.59 Å². The summed E-state index contributed by atoms with van der Waals surface area (Å²) in [5.41, 5.74) is -6.98. The molecule has 0 aromatic heterocycles. The van der Waals surface area contributed by atoms with Gasteiger partial charge in [0.1, 0.15) is 63.8 Å². The summed E-state index contributed by atoms with van der Waals surface area (Å²) >= 11 is 12.0. The molecule has 0 heterocycles. The van der Waals surface area contributed by atoms with Gasteiger partial charge < -0.3 is 55.4 Å². The van der Waals surface area contributed by atoms with E-state index in [2.05, 4.69) is 20.8 Å². The second-order valence-electron chi connectivity index (χ2n) is 20.9. The maximum atomic E-state index is 12.9. The van der Waals surface area contributed by atoms with Crippen molar-refractivity contribution in [1.82, 2.24) is 0 Å². The highest BCUT2D eigenvalue weighted by Gasteiger charge is 2.78. The van der Waals surface area contributed by atoms with E-state index in [9.17, 15) is 60.3 Å². The van der Waals surface area contributed by atoms with E-state index in [1.807, 2.05) is 0 Å². The van der Waals surface area contributed by atoms with Gasteiger partial charge in [0.15, 0.2) is 0 Å². The van der Waals surface area contributed by atoms with Crippen molar-refractivity contribution in [2.24, 2.45) is 45.3 Å². The summed E-state index contributed by atoms with van der Waals surface area (Å²) < 4.78 is 11.2. The summed E-state index contributed by atoms with van der Waals surface area (Å²) in [5.74, 6) is -3.86. The minimum absolute atomic E-state index is 0.0289. The highest BCUT2D eigenvalue weighted by atomic mass is 35.5. The third-order valence-electron chi connectivity index (χ3n) is 16.2. The van der Waals surface area contributed by atoms with Gasteiger partial charge in [0.2, 0.25) is 0 Å². The standard InChI is InChI=1S/C23H27ClO8.C23H31ClO6/c1-10-15(12(26)5-13(27)16(10)24)19(29)32-14-7-21(4)17-18(28)20(2,3)9-22(17,30)6-11(8-25)23(14,21)31;1-11-18(15(26)6-16(27)19(11)24)20(28)30-17-9-22(4)14-8-21(2,3)7-12(14)5-13(10-25)23(17,22)29/h5-6,8,14,17-18,26-28,30-31H,7,9H2,1-4H3;6,12-14,17,25-27,29H,5,7-10H2,1-4H3/t14-,17?,18-,21-,22+,23+;12-,13+,14+,17-,22-,23+/m11/s1. The molecule has 2 aromatic carbocycles. The number of benzene rings is 2. The van der Waals surface area contributed by atoms with Crippen molar-refractivity contribution in [2.45, 2.75) is 129 Å². The number of fused-ring (bicyclic) bond motifs is 6. The molecule has 6 aliphatic rings. The van der Waals surface area contributed by atoms with Crippen molar-refractivity contribution in [3.8, 4) is 23.0 Å². The number of carbonyl (C=O) groups excluding carboxylic acids is 3. The number of aromatic hydroxyl groups is 4. The smallest absolute Gasteiger partial charge is 0.342 e. The minimum Gasteiger partial charge on any atom is -0.507 e. The third-order valence-corrected chi connectivity index (χ3v) is 17.2. The molecular weight excluding hydrogens is 847 g/mol. The first-order valence-corrected chi connectivity index (χ1v) is 21.7. The number of halogens is 2. The van der Waals surface area contributed by atoms with Crippen molar-refractivity contribution < 1.29 is 69.8 Å². The number of aliphatic hydroxyl groups is 5. The van der Waals surface area contributed by atoms with E-state index in [0.717, 1.165) is 25.0 Å². The maximum Gasteiger partial charge on any atom is 0.342 e. The Morgan fingerprint density at radius 3 is 1.77 bits per heavy atom. The van der Waals surface area contributed by atoms with Crippen LogP contribution in [-0.2, 0) is 14.3 Å². The van der Waals surface area contributed by atoms with Crippen LogP contribution in [0.3, 0.4) is 0 Å². The Hall–Kier alpha value is -3.63. The van der Waals surface area contributed by atoms with E-state index in [4.69, 9.17) is 32.7 Å². The largest absolute Gasteiger partial charge is 0.507 e. The highest BCUT2D eigenvalue weighted by molar-refractivity contribution is 6.33. The van der Waals surface area contributed by atoms with Crippen LogP contribution in [0.2, 0.25) is 10.0 Å². The molecule has 12 atom stereocenters. The summed E-state index contributed by atoms with van der Waals surface area (Å²) in [7, 11) is 0. The number of aliphatic hydroxyl groups excluding tert-OH is 2. The zero-order valence-electron chi connectivity index (χ0n) is 36.1. The molecule has 0 amide bonds. The molecule has 2 aromatic rings. The molecule has 340 valence electrons. The third kappa shape index (κ3) is 6.32. The molecule has 1 unspecified atom stereocenters. The van der Waals surface area contributed by atoms with E-state index >= 15 is 0 Å². The summed E-state index contributed by atoms with van der Waals surface area (Å²) in [6, 6.07) is 1.92. The lowest BCUT2D eigenvalue weighted by molar-refractivity contribution is -0.312. The molecule has 0 spiro atoms. The summed E-state index contributed by atoms with van der Waals surface area (Å²) in [6.07, 6.45) is 2.39. The van der Waals surface area contributed by atoms with Crippen LogP contribution in [0.1, 0.15) is 112 Å². The van der Waals surface area contributed by atoms with Gasteiger partial charge in [0.25, 0.3) is 0 Å². The molecule has 5 fully saturated rings. The van der Waals surface area contributed by atoms with Gasteiger partial charge in [-0.1, -0.05) is 64.7 Å². The van der Waals surface area contributed by atoms with Crippen LogP contribution in [0.25, 0.3) is 0 Å². The van der Waals surface area contributed by atoms with E-state index in [1.165, 1.54) is 19.9 Å². The molecule has 16 heteroatoms. The van der Waals surface area contributed by atoms with Crippen LogP contribution in [0.15, 0.2) is 23.8 Å². The SMILES string of the molecule is Cc1c(Cl)c(O)cc(O)c1C(=O)O[C@@H]1C[C@]2(C)C3[C@@H](O)C(C)(C)C[C@@]3(O)C=C(C=O)[C@]12O.Cc1c(Cl)c(O)cc(O)c1C(=O)O[C@@H]1C[C@]2(C)[C@H]3CC(C)(C)C[C@H]3C[C@@H](CO)[C@]12O. The summed E-state index contributed by atoms with van der Waals surface area (Å²) in [6.45, 7) is 14.6. The molecule has 0 aliphatic heterocycles. The summed E-state index contributed by atoms with van der Waals surface area (Å²) in [4.78, 5) is 37.7. The predicted octanol–water partition coefficient (Wildman–Crippen LogP) is 5.79. The average molecular weight is 906 g/mol. The highest BCUT2D eigenvalue weighted by Crippen LogP contribution is 2.71. The minimum atomic E-state index is -1.94. The second-order valence-corrected chi connectivity index (χ2v) is 21.7. The molecule has 14 nitrogen and oxygen atoms in total. The quantitative estimate of drug-likeness (QED) is 0.123. The fourth-order valence-corrected chi connectivity index (χ4v) is 13.6. The number of phenols is 4. The summed E-state index contributed by atoms with van der Waals surface area (Å²) in [5, 5.41) is 95.5. The van der Waals surface area contributed by atoms with E-state index in [0.29, 0.717) is 31.0 Å². The number of hydrogen-bond acceptors (Lipinski definition) is 14. The first-order chi connectivity index (χ1) is 28.5. The Labute approximate surface area is 370 Å². The van der Waals surface area contributed by atoms with Gasteiger partial charge in [0, 0.05) is 47.0 Å². The van der Waals surface area contributed by atoms with Gasteiger partial charge in [-0.15, -0.1) is 0 Å². The number of aldehydes is 1. The number of hydrogen-bond donors (Lipinski definition) is 9. The molecule has 0 bridgehead atoms. The molecular formula is C46H58Cl2O14. The van der Waals surface area contributed by atoms with Gasteiger partial charge >= 0.3 is 11.9 Å². The van der Waals surface area contributed by atoms with Crippen LogP contribution in [0.4, 0.5) is 0 Å². The molecule has 0 saturated heterocycles. The molecule has 6 aliphatic carbocycles. The molecule has 62 heavy (non-hydrogen) atoms. The van der Waals surface area contributed by atoms with Gasteiger partial charge in [-0.2, -0.15) is 0 Å². The topological polar surface area (TPSA) is 252 Å². The number of phenolic OH excluding ortho intramolecular Hbond substituents is 4. The Morgan fingerprint density at radius 2 is 1.27 bits per heavy atom. The van der Waals surface area contributed by atoms with Crippen molar-refractivity contribution in [1.29, 1.82) is 0 Å². The van der Waals surface area contributed by atoms with Gasteiger partial charge in [-0.05, 0) is 92.2 Å². The Morgan fingerprint density at radius 1 is 0.774 bits per heavy atom. The zero-order valence-corrected chi connectivity index (χ0v) is 37.6. The predicted molar refractivity (Wildman–Crippen MR) is 225 cm³/mol. The average Bonchev–Trinajstić information content (AvgIpc) is 3.59. The van der Waals surface area contributed by atoms with Gasteiger partial charge in [0.05, 0.1) is 21.8 Å².